The molecule has 77 heavy (non-hydrogen) atoms. The molecule has 4 aliphatic rings. The molecule has 9 rings (SSSR count). The largest absolute Gasteiger partial charge is 0.0988 e. The zero-order valence-corrected chi connectivity index (χ0v) is 49.8. The first kappa shape index (κ1) is 60.8. The van der Waals surface area contributed by atoms with Crippen molar-refractivity contribution in [2.24, 2.45) is 11.8 Å². The average Bonchev–Trinajstić information content (AvgIpc) is 4.02. The van der Waals surface area contributed by atoms with Crippen LogP contribution < -0.4 is 0 Å². The molecule has 0 nitrogen and oxygen atoms in total. The van der Waals surface area contributed by atoms with Crippen molar-refractivity contribution >= 4 is 27.5 Å². The minimum absolute atomic E-state index is 0.115. The van der Waals surface area contributed by atoms with E-state index >= 15 is 0 Å². The van der Waals surface area contributed by atoms with Gasteiger partial charge >= 0.3 is 0 Å². The second kappa shape index (κ2) is 29.5. The highest BCUT2D eigenvalue weighted by Gasteiger charge is 2.55. The number of rotatable bonds is 9. The van der Waals surface area contributed by atoms with Crippen molar-refractivity contribution in [2.75, 3.05) is 0 Å². The zero-order chi connectivity index (χ0) is 56.2. The summed E-state index contributed by atoms with van der Waals surface area (Å²) < 4.78 is 0. The maximum Gasteiger partial charge on any atom is 0.0650 e. The highest BCUT2D eigenvalue weighted by Crippen LogP contribution is 2.65. The standard InChI is InChI=1S/C28H28.C16H16.C14H18.C12H18.C7H12/c1-5-6-13-24-20(4)21-11-7-8-14-25(21)28(24)26-17-18(2)15-16-22(26)23-12-9-10-19(3)27(23)28;1-11(2)12(3)15-10-9-14-7-5-6-8-16(14)13(15)4;1-11-7-9-13(10-8-11)14-6-4-3-5-12(14)2;1-6-10(3)8-9-12(5)11(4)7-2;1-3-5-7-6-4-2/h5-9,11-17,19-20H,10H2,1-4H3;5-10H,1,3H2,2,4H3;6-10,12H,3-5H2,1-2H3;6-9H,1H2,2-5H3;3,5-7H,4H2,1-2H3/b6-5-,24-13+;;;10-8-,11-7+,12-9+;5-3-,7-6-. The van der Waals surface area contributed by atoms with Crippen LogP contribution in [0.3, 0.4) is 0 Å². The zero-order valence-electron chi connectivity index (χ0n) is 49.8. The lowest BCUT2D eigenvalue weighted by Gasteiger charge is -2.37. The van der Waals surface area contributed by atoms with Crippen molar-refractivity contribution in [3.8, 4) is 0 Å². The molecule has 5 aromatic rings. The first-order valence-corrected chi connectivity index (χ1v) is 28.5. The van der Waals surface area contributed by atoms with Gasteiger partial charge in [-0.05, 0) is 196 Å². The van der Waals surface area contributed by atoms with Gasteiger partial charge in [-0.25, -0.2) is 0 Å². The summed E-state index contributed by atoms with van der Waals surface area (Å²) in [6, 6.07) is 37.9. The number of allylic oxidation sites excluding steroid dienone is 23. The van der Waals surface area contributed by atoms with Gasteiger partial charge in [0.15, 0.2) is 0 Å². The fourth-order valence-corrected chi connectivity index (χ4v) is 11.1. The van der Waals surface area contributed by atoms with E-state index in [0.717, 1.165) is 29.9 Å². The second-order valence-corrected chi connectivity index (χ2v) is 21.5. The van der Waals surface area contributed by atoms with E-state index < -0.39 is 0 Å². The molecule has 0 saturated heterocycles. The quantitative estimate of drug-likeness (QED) is 0.129. The van der Waals surface area contributed by atoms with Crippen molar-refractivity contribution in [1.82, 2.24) is 0 Å². The smallest absolute Gasteiger partial charge is 0.0650 e. The maximum absolute atomic E-state index is 4.09. The van der Waals surface area contributed by atoms with Gasteiger partial charge in [-0.15, -0.1) is 0 Å². The number of aryl methyl sites for hydroxylation is 3. The van der Waals surface area contributed by atoms with E-state index in [-0.39, 0.29) is 5.41 Å². The van der Waals surface area contributed by atoms with Crippen molar-refractivity contribution in [1.29, 1.82) is 0 Å². The second-order valence-electron chi connectivity index (χ2n) is 21.5. The van der Waals surface area contributed by atoms with Gasteiger partial charge in [0, 0.05) is 5.92 Å². The first-order chi connectivity index (χ1) is 37.0. The summed E-state index contributed by atoms with van der Waals surface area (Å²) in [7, 11) is 0. The molecule has 0 radical (unpaired) electrons. The topological polar surface area (TPSA) is 0 Å². The SMILES string of the molecule is C/C=C\C=C/CC.C/C=C\C=C1/C(C)c2ccccc2C12C1=C(C=CCC1C)c1ccc(C)cc12.C=C(C)C(=C)c1ccc2ccccc2c1C.C=C\C(C)=C/C=C(C)/C(C)=C/C.Cc1ccc(C2=CCCCC2C)cc1. The molecular weight excluding hydrogens is 925 g/mol. The molecule has 0 fully saturated rings. The summed E-state index contributed by atoms with van der Waals surface area (Å²) >= 11 is 0. The highest BCUT2D eigenvalue weighted by atomic mass is 14.6. The summed E-state index contributed by atoms with van der Waals surface area (Å²) in [6.07, 6.45) is 36.6. The van der Waals surface area contributed by atoms with Crippen LogP contribution in [-0.4, -0.2) is 0 Å². The van der Waals surface area contributed by atoms with Gasteiger partial charge in [-0.1, -0.05) is 263 Å². The monoisotopic (exact) mass is 1020 g/mol. The molecule has 4 unspecified atom stereocenters. The van der Waals surface area contributed by atoms with E-state index in [1.807, 2.05) is 39.0 Å². The van der Waals surface area contributed by atoms with Crippen molar-refractivity contribution < 1.29 is 0 Å². The number of fused-ring (bicyclic) bond motifs is 7. The third-order valence-electron chi connectivity index (χ3n) is 15.8. The molecule has 0 saturated carbocycles. The Bertz CT molecular complexity index is 3180. The lowest BCUT2D eigenvalue weighted by Crippen LogP contribution is -2.31. The van der Waals surface area contributed by atoms with E-state index in [1.54, 1.807) is 11.1 Å². The molecule has 0 heterocycles. The fraction of sp³-hybridized carbons (Fsp3) is 0.299. The average molecular weight is 1020 g/mol. The Labute approximate surface area is 468 Å². The Morgan fingerprint density at radius 2 is 1.40 bits per heavy atom. The first-order valence-electron chi connectivity index (χ1n) is 28.5. The van der Waals surface area contributed by atoms with Crippen LogP contribution in [0.1, 0.15) is 164 Å². The minimum Gasteiger partial charge on any atom is -0.0988 e. The summed E-state index contributed by atoms with van der Waals surface area (Å²) in [5, 5.41) is 2.57. The number of hydrogen-bond acceptors (Lipinski definition) is 0. The molecule has 1 spiro atoms. The van der Waals surface area contributed by atoms with Crippen LogP contribution in [0.4, 0.5) is 0 Å². The summed E-state index contributed by atoms with van der Waals surface area (Å²) in [6.45, 7) is 42.0. The van der Waals surface area contributed by atoms with Crippen LogP contribution in [0.5, 0.6) is 0 Å². The van der Waals surface area contributed by atoms with Gasteiger partial charge in [0.25, 0.3) is 0 Å². The minimum atomic E-state index is -0.115. The van der Waals surface area contributed by atoms with Crippen molar-refractivity contribution in [3.63, 3.8) is 0 Å². The third-order valence-corrected chi connectivity index (χ3v) is 15.8. The molecule has 4 atom stereocenters. The summed E-state index contributed by atoms with van der Waals surface area (Å²) in [5.74, 6) is 1.71. The Balaban J connectivity index is 0.000000192. The molecule has 0 aliphatic heterocycles. The van der Waals surface area contributed by atoms with Gasteiger partial charge in [-0.3, -0.25) is 0 Å². The Hall–Kier alpha value is -7.02. The Kier molecular flexibility index (Phi) is 23.3. The molecule has 0 N–H and O–H groups in total. The predicted molar refractivity (Wildman–Crippen MR) is 346 cm³/mol. The summed E-state index contributed by atoms with van der Waals surface area (Å²) in [5.41, 5.74) is 24.4. The van der Waals surface area contributed by atoms with E-state index in [1.165, 1.54) is 108 Å². The molecule has 0 amide bonds. The summed E-state index contributed by atoms with van der Waals surface area (Å²) in [4.78, 5) is 0. The van der Waals surface area contributed by atoms with Gasteiger partial charge < -0.3 is 0 Å². The molecular formula is C77H92. The predicted octanol–water partition coefficient (Wildman–Crippen LogP) is 22.8. The molecule has 4 aliphatic carbocycles. The van der Waals surface area contributed by atoms with Crippen molar-refractivity contribution in [3.05, 3.63) is 291 Å². The van der Waals surface area contributed by atoms with Crippen molar-refractivity contribution in [2.45, 2.75) is 140 Å². The molecule has 0 bridgehead atoms. The van der Waals surface area contributed by atoms with Crippen LogP contribution in [-0.2, 0) is 5.41 Å². The highest BCUT2D eigenvalue weighted by molar-refractivity contribution is 5.93. The molecule has 0 heteroatoms. The normalized spacial score (nSPS) is 20.1. The lowest BCUT2D eigenvalue weighted by atomic mass is 9.64. The van der Waals surface area contributed by atoms with Gasteiger partial charge in [0.2, 0.25) is 0 Å². The van der Waals surface area contributed by atoms with Crippen LogP contribution >= 0.6 is 0 Å². The Morgan fingerprint density at radius 1 is 0.714 bits per heavy atom. The third kappa shape index (κ3) is 14.7. The van der Waals surface area contributed by atoms with Gasteiger partial charge in [-0.2, -0.15) is 0 Å². The molecule has 5 aromatic carbocycles. The fourth-order valence-electron chi connectivity index (χ4n) is 11.1. The lowest BCUT2D eigenvalue weighted by molar-refractivity contribution is 0.578. The molecule has 400 valence electrons. The van der Waals surface area contributed by atoms with Crippen LogP contribution in [0.2, 0.25) is 0 Å². The van der Waals surface area contributed by atoms with Crippen LogP contribution in [0, 0.1) is 32.6 Å². The van der Waals surface area contributed by atoms with E-state index in [2.05, 4.69) is 266 Å². The number of hydrogen-bond donors (Lipinski definition) is 0. The van der Waals surface area contributed by atoms with Gasteiger partial charge in [0.1, 0.15) is 0 Å². The van der Waals surface area contributed by atoms with E-state index in [0.29, 0.717) is 11.8 Å². The Morgan fingerprint density at radius 3 is 2.06 bits per heavy atom. The van der Waals surface area contributed by atoms with Gasteiger partial charge in [0.05, 0.1) is 5.41 Å². The van der Waals surface area contributed by atoms with Crippen LogP contribution in [0.15, 0.2) is 241 Å². The maximum atomic E-state index is 4.09. The number of benzene rings is 5. The molecule has 0 aromatic heterocycles. The van der Waals surface area contributed by atoms with E-state index in [4.69, 9.17) is 0 Å². The van der Waals surface area contributed by atoms with Crippen LogP contribution in [0.25, 0.3) is 27.5 Å². The van der Waals surface area contributed by atoms with E-state index in [9.17, 15) is 0 Å².